The topological polar surface area (TPSA) is 74.3 Å². The number of fused-ring (bicyclic) bond motifs is 1. The molecule has 0 saturated carbocycles. The lowest BCUT2D eigenvalue weighted by Gasteiger charge is -2.16. The van der Waals surface area contributed by atoms with E-state index in [2.05, 4.69) is 29.7 Å². The summed E-state index contributed by atoms with van der Waals surface area (Å²) in [4.78, 5) is 4.48. The highest BCUT2D eigenvalue weighted by molar-refractivity contribution is 6.76. The largest absolute Gasteiger partial charge is 0.439 e. The van der Waals surface area contributed by atoms with E-state index in [-0.39, 0.29) is 6.61 Å². The van der Waals surface area contributed by atoms with Gasteiger partial charge in [0.25, 0.3) is 0 Å². The standard InChI is InChI=1S/C24H30N4O3Si/c1-32(2,3)15-14-30-18-28-23(8-10-26-28)20-4-7-24(25-17-20)31-21-5-6-22-19(16-21)9-11-27(22)12-13-29/h4-11,16-17,29H,12-15,18H2,1-3H3. The number of nitrogens with zero attached hydrogens (tertiary/aromatic N) is 4. The van der Waals surface area contributed by atoms with E-state index in [4.69, 9.17) is 9.47 Å². The highest BCUT2D eigenvalue weighted by Gasteiger charge is 2.13. The Labute approximate surface area is 189 Å². The summed E-state index contributed by atoms with van der Waals surface area (Å²) in [7, 11) is -1.10. The predicted octanol–water partition coefficient (Wildman–Crippen LogP) is 5.00. The van der Waals surface area contributed by atoms with Gasteiger partial charge in [-0.1, -0.05) is 19.6 Å². The molecule has 3 heterocycles. The van der Waals surface area contributed by atoms with Crippen molar-refractivity contribution < 1.29 is 14.6 Å². The molecule has 1 N–H and O–H groups in total. The van der Waals surface area contributed by atoms with Crippen LogP contribution in [0.2, 0.25) is 25.7 Å². The molecule has 1 aromatic carbocycles. The maximum atomic E-state index is 9.17. The number of ether oxygens (including phenoxy) is 2. The zero-order valence-electron chi connectivity index (χ0n) is 18.9. The summed E-state index contributed by atoms with van der Waals surface area (Å²) >= 11 is 0. The van der Waals surface area contributed by atoms with Gasteiger partial charge in [-0.15, -0.1) is 0 Å². The molecule has 0 radical (unpaired) electrons. The third-order valence-electron chi connectivity index (χ3n) is 5.26. The van der Waals surface area contributed by atoms with Crippen LogP contribution >= 0.6 is 0 Å². The van der Waals surface area contributed by atoms with Crippen molar-refractivity contribution in [2.24, 2.45) is 0 Å². The summed E-state index contributed by atoms with van der Waals surface area (Å²) in [5.41, 5.74) is 2.99. The van der Waals surface area contributed by atoms with Gasteiger partial charge >= 0.3 is 0 Å². The summed E-state index contributed by atoms with van der Waals surface area (Å²) in [6.07, 6.45) is 5.54. The number of pyridine rings is 1. The van der Waals surface area contributed by atoms with Gasteiger partial charge in [-0.3, -0.25) is 0 Å². The minimum atomic E-state index is -1.10. The molecule has 0 atom stereocenters. The van der Waals surface area contributed by atoms with Gasteiger partial charge in [-0.2, -0.15) is 5.10 Å². The Balaban J connectivity index is 1.41. The second kappa shape index (κ2) is 9.68. The Morgan fingerprint density at radius 3 is 2.69 bits per heavy atom. The van der Waals surface area contributed by atoms with E-state index in [9.17, 15) is 5.11 Å². The minimum Gasteiger partial charge on any atom is -0.439 e. The highest BCUT2D eigenvalue weighted by Crippen LogP contribution is 2.27. The third-order valence-corrected chi connectivity index (χ3v) is 6.97. The van der Waals surface area contributed by atoms with Gasteiger partial charge in [0.1, 0.15) is 12.5 Å². The SMILES string of the molecule is C[Si](C)(C)CCOCn1nccc1-c1ccc(Oc2ccc3c(ccn3CCO)c2)nc1. The van der Waals surface area contributed by atoms with E-state index in [0.717, 1.165) is 40.6 Å². The third kappa shape index (κ3) is 5.45. The van der Waals surface area contributed by atoms with E-state index in [1.54, 1.807) is 12.4 Å². The van der Waals surface area contributed by atoms with Crippen LogP contribution in [0.15, 0.2) is 61.1 Å². The summed E-state index contributed by atoms with van der Waals surface area (Å²) in [6.45, 7) is 8.91. The van der Waals surface area contributed by atoms with Crippen molar-refractivity contribution in [3.63, 3.8) is 0 Å². The predicted molar refractivity (Wildman–Crippen MR) is 129 cm³/mol. The van der Waals surface area contributed by atoms with E-state index in [1.165, 1.54) is 0 Å². The molecule has 4 aromatic rings. The Bertz CT molecular complexity index is 1160. The molecule has 4 rings (SSSR count). The molecule has 7 nitrogen and oxygen atoms in total. The molecule has 32 heavy (non-hydrogen) atoms. The molecule has 0 aliphatic heterocycles. The van der Waals surface area contributed by atoms with Gasteiger partial charge in [-0.25, -0.2) is 9.67 Å². The second-order valence-corrected chi connectivity index (χ2v) is 14.6. The first-order valence-corrected chi connectivity index (χ1v) is 14.6. The molecule has 8 heteroatoms. The zero-order chi connectivity index (χ0) is 22.6. The number of aromatic nitrogens is 4. The maximum absolute atomic E-state index is 9.17. The van der Waals surface area contributed by atoms with Crippen molar-refractivity contribution in [2.75, 3.05) is 13.2 Å². The Morgan fingerprint density at radius 1 is 1.06 bits per heavy atom. The number of benzene rings is 1. The van der Waals surface area contributed by atoms with Gasteiger partial charge in [0.05, 0.1) is 12.3 Å². The smallest absolute Gasteiger partial charge is 0.219 e. The van der Waals surface area contributed by atoms with E-state index >= 15 is 0 Å². The van der Waals surface area contributed by atoms with Crippen molar-refractivity contribution in [3.05, 3.63) is 61.1 Å². The Hall–Kier alpha value is -2.94. The molecular formula is C24H30N4O3Si. The van der Waals surface area contributed by atoms with Crippen LogP contribution in [-0.2, 0) is 18.0 Å². The fourth-order valence-corrected chi connectivity index (χ4v) is 4.22. The molecular weight excluding hydrogens is 420 g/mol. The van der Waals surface area contributed by atoms with Crippen LogP contribution in [0.5, 0.6) is 11.6 Å². The van der Waals surface area contributed by atoms with Gasteiger partial charge in [0.2, 0.25) is 5.88 Å². The summed E-state index contributed by atoms with van der Waals surface area (Å²) in [5.74, 6) is 1.25. The van der Waals surface area contributed by atoms with Crippen molar-refractivity contribution in [1.29, 1.82) is 0 Å². The number of aliphatic hydroxyl groups excluding tert-OH is 1. The summed E-state index contributed by atoms with van der Waals surface area (Å²) < 4.78 is 15.7. The summed E-state index contributed by atoms with van der Waals surface area (Å²) in [6, 6.07) is 14.8. The first-order chi connectivity index (χ1) is 15.4. The van der Waals surface area contributed by atoms with Gasteiger partial charge in [-0.05, 0) is 42.4 Å². The lowest BCUT2D eigenvalue weighted by atomic mass is 10.2. The van der Waals surface area contributed by atoms with Gasteiger partial charge < -0.3 is 19.1 Å². The number of rotatable bonds is 10. The second-order valence-electron chi connectivity index (χ2n) is 9.00. The summed E-state index contributed by atoms with van der Waals surface area (Å²) in [5, 5.41) is 14.6. The lowest BCUT2D eigenvalue weighted by Crippen LogP contribution is -2.22. The molecule has 3 aromatic heterocycles. The quantitative estimate of drug-likeness (QED) is 0.272. The van der Waals surface area contributed by atoms with Crippen LogP contribution in [0.3, 0.4) is 0 Å². The molecule has 0 amide bonds. The molecule has 0 aliphatic rings. The maximum Gasteiger partial charge on any atom is 0.219 e. The fourth-order valence-electron chi connectivity index (χ4n) is 3.47. The van der Waals surface area contributed by atoms with Crippen LogP contribution in [0, 0.1) is 0 Å². The Kier molecular flexibility index (Phi) is 6.74. The van der Waals surface area contributed by atoms with E-state index in [0.29, 0.717) is 19.2 Å². The minimum absolute atomic E-state index is 0.113. The highest BCUT2D eigenvalue weighted by atomic mass is 28.3. The van der Waals surface area contributed by atoms with Crippen LogP contribution in [0.4, 0.5) is 0 Å². The normalized spacial score (nSPS) is 11.9. The number of hydrogen-bond acceptors (Lipinski definition) is 5. The molecule has 0 saturated heterocycles. The van der Waals surface area contributed by atoms with Gasteiger partial charge in [0.15, 0.2) is 0 Å². The van der Waals surface area contributed by atoms with Crippen LogP contribution in [0.25, 0.3) is 22.2 Å². The van der Waals surface area contributed by atoms with E-state index in [1.807, 2.05) is 57.9 Å². The van der Waals surface area contributed by atoms with Crippen LogP contribution < -0.4 is 4.74 Å². The molecule has 0 fully saturated rings. The molecule has 0 unspecified atom stereocenters. The van der Waals surface area contributed by atoms with Gasteiger partial charge in [0, 0.05) is 62.3 Å². The molecule has 0 spiro atoms. The first kappa shape index (κ1) is 22.3. The zero-order valence-corrected chi connectivity index (χ0v) is 19.9. The monoisotopic (exact) mass is 450 g/mol. The molecule has 0 aliphatic carbocycles. The fraction of sp³-hybridized carbons (Fsp3) is 0.333. The first-order valence-electron chi connectivity index (χ1n) is 10.9. The van der Waals surface area contributed by atoms with Crippen molar-refractivity contribution in [2.45, 2.75) is 39.0 Å². The van der Waals surface area contributed by atoms with Crippen molar-refractivity contribution in [1.82, 2.24) is 19.3 Å². The van der Waals surface area contributed by atoms with Crippen molar-refractivity contribution >= 4 is 19.0 Å². The van der Waals surface area contributed by atoms with E-state index < -0.39 is 8.07 Å². The average molecular weight is 451 g/mol. The number of aliphatic hydroxyl groups is 1. The lowest BCUT2D eigenvalue weighted by molar-refractivity contribution is 0.0798. The number of hydrogen-bond donors (Lipinski definition) is 1. The average Bonchev–Trinajstić information content (AvgIpc) is 3.38. The van der Waals surface area contributed by atoms with Crippen LogP contribution in [-0.4, -0.2) is 45.7 Å². The van der Waals surface area contributed by atoms with Crippen LogP contribution in [0.1, 0.15) is 0 Å². The Morgan fingerprint density at radius 2 is 1.94 bits per heavy atom. The molecule has 168 valence electrons. The van der Waals surface area contributed by atoms with Crippen molar-refractivity contribution in [3.8, 4) is 22.9 Å². The molecule has 0 bridgehead atoms.